The molecule has 6 nitrogen and oxygen atoms in total. The number of nitrogens with zero attached hydrogens (tertiary/aromatic N) is 3. The molecule has 3 N–H and O–H groups in total. The number of anilines is 1. The fourth-order valence-corrected chi connectivity index (χ4v) is 3.69. The van der Waals surface area contributed by atoms with E-state index in [1.54, 1.807) is 0 Å². The summed E-state index contributed by atoms with van der Waals surface area (Å²) in [6.07, 6.45) is 3.96. The molecule has 7 heteroatoms. The van der Waals surface area contributed by atoms with Crippen LogP contribution in [0.5, 0.6) is 0 Å². The van der Waals surface area contributed by atoms with Gasteiger partial charge in [-0.15, -0.1) is 10.2 Å². The highest BCUT2D eigenvalue weighted by atomic mass is 32.1. The highest BCUT2D eigenvalue weighted by Crippen LogP contribution is 2.26. The van der Waals surface area contributed by atoms with E-state index in [1.807, 2.05) is 30.3 Å². The molecule has 2 heterocycles. The van der Waals surface area contributed by atoms with Gasteiger partial charge in [0, 0.05) is 6.42 Å². The van der Waals surface area contributed by atoms with Crippen LogP contribution in [0.25, 0.3) is 0 Å². The molecule has 0 saturated carbocycles. The Balaban J connectivity index is 1.60. The molecule has 0 aliphatic carbocycles. The molecular weight excluding hydrogens is 322 g/mol. The van der Waals surface area contributed by atoms with Gasteiger partial charge in [-0.2, -0.15) is 0 Å². The Bertz CT molecular complexity index is 654. The fourth-order valence-electron chi connectivity index (χ4n) is 3.00. The van der Waals surface area contributed by atoms with Crippen LogP contribution in [0.15, 0.2) is 30.3 Å². The highest BCUT2D eigenvalue weighted by molar-refractivity contribution is 7.15. The van der Waals surface area contributed by atoms with Gasteiger partial charge >= 0.3 is 0 Å². The van der Waals surface area contributed by atoms with E-state index >= 15 is 0 Å². The molecule has 1 amide bonds. The van der Waals surface area contributed by atoms with Crippen LogP contribution in [0, 0.1) is 0 Å². The Labute approximate surface area is 146 Å². The molecule has 1 atom stereocenters. The van der Waals surface area contributed by atoms with E-state index < -0.39 is 0 Å². The molecule has 3 rings (SSSR count). The van der Waals surface area contributed by atoms with Gasteiger partial charge in [-0.1, -0.05) is 41.7 Å². The lowest BCUT2D eigenvalue weighted by molar-refractivity contribution is -0.121. The fraction of sp³-hybridized carbons (Fsp3) is 0.471. The predicted octanol–water partition coefficient (Wildman–Crippen LogP) is 2.20. The lowest BCUT2D eigenvalue weighted by Gasteiger charge is -2.18. The van der Waals surface area contributed by atoms with Gasteiger partial charge < -0.3 is 16.0 Å². The number of aromatic nitrogens is 2. The van der Waals surface area contributed by atoms with Crippen molar-refractivity contribution in [1.82, 2.24) is 20.4 Å². The zero-order chi connectivity index (χ0) is 16.8. The standard InChI is InChI=1S/C17H23N5OS/c18-17-21-20-16(24-17)15(13-7-2-1-3-8-13)19-14(23)9-6-12-22-10-4-5-11-22/h1-3,7-8,15H,4-6,9-12H2,(H2,18,21)(H,19,23)/t15-/m0/s1. The van der Waals surface area contributed by atoms with Crippen molar-refractivity contribution in [2.45, 2.75) is 31.7 Å². The van der Waals surface area contributed by atoms with E-state index in [1.165, 1.54) is 37.3 Å². The van der Waals surface area contributed by atoms with Crippen LogP contribution in [0.3, 0.4) is 0 Å². The molecule has 0 radical (unpaired) electrons. The summed E-state index contributed by atoms with van der Waals surface area (Å²) in [7, 11) is 0. The first kappa shape index (κ1) is 16.9. The largest absolute Gasteiger partial charge is 0.374 e. The Kier molecular flexibility index (Phi) is 5.77. The van der Waals surface area contributed by atoms with Gasteiger partial charge in [-0.25, -0.2) is 0 Å². The Morgan fingerprint density at radius 3 is 2.67 bits per heavy atom. The van der Waals surface area contributed by atoms with Gasteiger partial charge in [0.05, 0.1) is 0 Å². The van der Waals surface area contributed by atoms with Crippen molar-refractivity contribution < 1.29 is 4.79 Å². The molecule has 0 spiro atoms. The molecule has 0 unspecified atom stereocenters. The third-order valence-corrected chi connectivity index (χ3v) is 5.04. The summed E-state index contributed by atoms with van der Waals surface area (Å²) < 4.78 is 0. The number of nitrogens with one attached hydrogen (secondary N) is 1. The van der Waals surface area contributed by atoms with E-state index in [-0.39, 0.29) is 11.9 Å². The van der Waals surface area contributed by atoms with Crippen molar-refractivity contribution in [3.05, 3.63) is 40.9 Å². The first-order valence-electron chi connectivity index (χ1n) is 8.38. The molecule has 1 aromatic carbocycles. The van der Waals surface area contributed by atoms with E-state index in [0.717, 1.165) is 18.5 Å². The van der Waals surface area contributed by atoms with E-state index in [0.29, 0.717) is 16.6 Å². The predicted molar refractivity (Wildman–Crippen MR) is 95.7 cm³/mol. The van der Waals surface area contributed by atoms with Gasteiger partial charge in [0.15, 0.2) is 0 Å². The second-order valence-electron chi connectivity index (χ2n) is 6.04. The molecular formula is C17H23N5OS. The normalized spacial score (nSPS) is 16.2. The number of nitrogens with two attached hydrogens (primary N) is 1. The number of carbonyl (C=O) groups is 1. The maximum Gasteiger partial charge on any atom is 0.220 e. The lowest BCUT2D eigenvalue weighted by Crippen LogP contribution is -2.30. The van der Waals surface area contributed by atoms with Gasteiger partial charge in [0.1, 0.15) is 11.0 Å². The van der Waals surface area contributed by atoms with Crippen LogP contribution in [-0.4, -0.2) is 40.6 Å². The average Bonchev–Trinajstić information content (AvgIpc) is 3.25. The first-order valence-corrected chi connectivity index (χ1v) is 9.19. The number of carbonyl (C=O) groups excluding carboxylic acids is 1. The van der Waals surface area contributed by atoms with Crippen molar-refractivity contribution in [1.29, 1.82) is 0 Å². The zero-order valence-electron chi connectivity index (χ0n) is 13.6. The van der Waals surface area contributed by atoms with Crippen LogP contribution < -0.4 is 11.1 Å². The molecule has 1 saturated heterocycles. The van der Waals surface area contributed by atoms with Gasteiger partial charge in [-0.3, -0.25) is 4.79 Å². The lowest BCUT2D eigenvalue weighted by atomic mass is 10.1. The molecule has 1 aromatic heterocycles. The topological polar surface area (TPSA) is 84.1 Å². The summed E-state index contributed by atoms with van der Waals surface area (Å²) in [6, 6.07) is 9.52. The summed E-state index contributed by atoms with van der Waals surface area (Å²) in [5.41, 5.74) is 6.69. The van der Waals surface area contributed by atoms with Crippen molar-refractivity contribution in [2.75, 3.05) is 25.4 Å². The number of hydrogen-bond acceptors (Lipinski definition) is 6. The van der Waals surface area contributed by atoms with E-state index in [9.17, 15) is 4.79 Å². The number of hydrogen-bond donors (Lipinski definition) is 2. The van der Waals surface area contributed by atoms with Crippen molar-refractivity contribution in [3.63, 3.8) is 0 Å². The smallest absolute Gasteiger partial charge is 0.220 e. The van der Waals surface area contributed by atoms with E-state index in [4.69, 9.17) is 5.73 Å². The summed E-state index contributed by atoms with van der Waals surface area (Å²) in [4.78, 5) is 14.8. The minimum atomic E-state index is -0.291. The van der Waals surface area contributed by atoms with Gasteiger partial charge in [-0.05, 0) is 44.5 Å². The number of rotatable bonds is 7. The average molecular weight is 345 g/mol. The first-order chi connectivity index (χ1) is 11.7. The Morgan fingerprint density at radius 2 is 2.00 bits per heavy atom. The highest BCUT2D eigenvalue weighted by Gasteiger charge is 2.21. The molecule has 1 fully saturated rings. The minimum absolute atomic E-state index is 0.0387. The van der Waals surface area contributed by atoms with Crippen LogP contribution in [0.1, 0.15) is 42.3 Å². The maximum atomic E-state index is 12.4. The van der Waals surface area contributed by atoms with Crippen LogP contribution in [0.4, 0.5) is 5.13 Å². The molecule has 128 valence electrons. The third kappa shape index (κ3) is 4.52. The van der Waals surface area contributed by atoms with Crippen molar-refractivity contribution in [3.8, 4) is 0 Å². The number of likely N-dealkylation sites (tertiary alicyclic amines) is 1. The van der Waals surface area contributed by atoms with E-state index in [2.05, 4.69) is 20.4 Å². The SMILES string of the molecule is Nc1nnc([C@@H](NC(=O)CCCN2CCCC2)c2ccccc2)s1. The zero-order valence-corrected chi connectivity index (χ0v) is 14.5. The Morgan fingerprint density at radius 1 is 1.25 bits per heavy atom. The third-order valence-electron chi connectivity index (χ3n) is 4.22. The molecule has 0 bridgehead atoms. The number of amides is 1. The maximum absolute atomic E-state index is 12.4. The minimum Gasteiger partial charge on any atom is -0.374 e. The number of nitrogen functional groups attached to an aromatic ring is 1. The van der Waals surface area contributed by atoms with Crippen LogP contribution >= 0.6 is 11.3 Å². The monoisotopic (exact) mass is 345 g/mol. The van der Waals surface area contributed by atoms with Gasteiger partial charge in [0.25, 0.3) is 0 Å². The van der Waals surface area contributed by atoms with Crippen LogP contribution in [0.2, 0.25) is 0 Å². The number of benzene rings is 1. The van der Waals surface area contributed by atoms with Gasteiger partial charge in [0.2, 0.25) is 11.0 Å². The molecule has 2 aromatic rings. The molecule has 1 aliphatic heterocycles. The van der Waals surface area contributed by atoms with Crippen LogP contribution in [-0.2, 0) is 4.79 Å². The second-order valence-corrected chi connectivity index (χ2v) is 7.08. The summed E-state index contributed by atoms with van der Waals surface area (Å²) in [5.74, 6) is 0.0387. The second kappa shape index (κ2) is 8.21. The quantitative estimate of drug-likeness (QED) is 0.804. The van der Waals surface area contributed by atoms with Crippen molar-refractivity contribution in [2.24, 2.45) is 0 Å². The summed E-state index contributed by atoms with van der Waals surface area (Å²) in [5, 5.41) is 12.2. The summed E-state index contributed by atoms with van der Waals surface area (Å²) >= 11 is 1.31. The summed E-state index contributed by atoms with van der Waals surface area (Å²) in [6.45, 7) is 3.33. The van der Waals surface area contributed by atoms with Crippen molar-refractivity contribution >= 4 is 22.4 Å². The molecule has 24 heavy (non-hydrogen) atoms. The Hall–Kier alpha value is -1.99. The molecule has 1 aliphatic rings.